The van der Waals surface area contributed by atoms with Crippen molar-refractivity contribution in [2.24, 2.45) is 0 Å². The Kier molecular flexibility index (Phi) is 7.54. The van der Waals surface area contributed by atoms with Gasteiger partial charge in [-0.1, -0.05) is 55.3 Å². The van der Waals surface area contributed by atoms with Crippen LogP contribution in [0.5, 0.6) is 0 Å². The van der Waals surface area contributed by atoms with Gasteiger partial charge in [0.25, 0.3) is 0 Å². The van der Waals surface area contributed by atoms with E-state index in [0.29, 0.717) is 33.4 Å². The van der Waals surface area contributed by atoms with Crippen LogP contribution in [-0.4, -0.2) is 5.11 Å². The van der Waals surface area contributed by atoms with E-state index in [9.17, 15) is 27.1 Å². The molecular weight excluding hydrogens is 514 g/mol. The van der Waals surface area contributed by atoms with Gasteiger partial charge >= 0.3 is 6.18 Å². The molecule has 39 heavy (non-hydrogen) atoms. The lowest BCUT2D eigenvalue weighted by molar-refractivity contribution is -0.137. The van der Waals surface area contributed by atoms with Gasteiger partial charge < -0.3 is 5.11 Å². The maximum absolute atomic E-state index is 16.7. The Hall–Kier alpha value is -3.58. The molecule has 7 heteroatoms. The maximum Gasteiger partial charge on any atom is 0.416 e. The molecule has 0 radical (unpaired) electrons. The van der Waals surface area contributed by atoms with Crippen molar-refractivity contribution in [1.82, 2.24) is 0 Å². The van der Waals surface area contributed by atoms with Crippen molar-refractivity contribution >= 4 is 0 Å². The highest BCUT2D eigenvalue weighted by atomic mass is 19.4. The van der Waals surface area contributed by atoms with Crippen LogP contribution in [0.25, 0.3) is 22.3 Å². The minimum Gasteiger partial charge on any atom is -0.392 e. The maximum atomic E-state index is 16.7. The molecule has 0 saturated heterocycles. The van der Waals surface area contributed by atoms with Crippen molar-refractivity contribution < 1.29 is 31.4 Å². The average Bonchev–Trinajstić information content (AvgIpc) is 3.47. The standard InChI is InChI=1S/C32H26F6O/c33-24-13-7-20(8-14-24)26-17-27(19-3-1-2-4-19)30(29(28(26)18-39)21-9-15-25(34)16-10-21)31(35)22-5-11-23(12-6-22)32(36,37)38/h5-17,19,31,39H,1-4,18H2. The summed E-state index contributed by atoms with van der Waals surface area (Å²) in [4.78, 5) is 0. The summed E-state index contributed by atoms with van der Waals surface area (Å²) in [5, 5.41) is 10.6. The number of hydrogen-bond acceptors (Lipinski definition) is 1. The molecule has 0 aliphatic heterocycles. The number of hydrogen-bond donors (Lipinski definition) is 1. The van der Waals surface area contributed by atoms with E-state index in [1.54, 1.807) is 12.1 Å². The molecule has 0 spiro atoms. The quantitative estimate of drug-likeness (QED) is 0.242. The molecule has 1 nitrogen and oxygen atoms in total. The van der Waals surface area contributed by atoms with Crippen LogP contribution in [0.2, 0.25) is 0 Å². The molecule has 5 rings (SSSR count). The van der Waals surface area contributed by atoms with E-state index in [4.69, 9.17) is 0 Å². The Morgan fingerprint density at radius 2 is 1.31 bits per heavy atom. The number of rotatable bonds is 6. The molecule has 0 bridgehead atoms. The van der Waals surface area contributed by atoms with E-state index in [2.05, 4.69) is 0 Å². The van der Waals surface area contributed by atoms with Crippen LogP contribution in [0.3, 0.4) is 0 Å². The second-order valence-electron chi connectivity index (χ2n) is 9.92. The van der Waals surface area contributed by atoms with Crippen LogP contribution in [0.4, 0.5) is 26.3 Å². The Morgan fingerprint density at radius 1 is 0.769 bits per heavy atom. The number of aliphatic hydroxyl groups is 1. The topological polar surface area (TPSA) is 20.2 Å². The lowest BCUT2D eigenvalue weighted by atomic mass is 9.78. The molecule has 4 aromatic rings. The molecule has 4 aromatic carbocycles. The molecule has 1 N–H and O–H groups in total. The molecule has 0 amide bonds. The van der Waals surface area contributed by atoms with E-state index in [0.717, 1.165) is 49.9 Å². The van der Waals surface area contributed by atoms with E-state index >= 15 is 4.39 Å². The zero-order valence-electron chi connectivity index (χ0n) is 20.9. The van der Waals surface area contributed by atoms with Gasteiger partial charge in [-0.25, -0.2) is 13.2 Å². The minimum atomic E-state index is -4.56. The van der Waals surface area contributed by atoms with Crippen LogP contribution in [-0.2, 0) is 12.8 Å². The lowest BCUT2D eigenvalue weighted by Gasteiger charge is -2.27. The Morgan fingerprint density at radius 3 is 1.82 bits per heavy atom. The summed E-state index contributed by atoms with van der Waals surface area (Å²) in [7, 11) is 0. The average molecular weight is 541 g/mol. The summed E-state index contributed by atoms with van der Waals surface area (Å²) in [5.74, 6) is -0.934. The van der Waals surface area contributed by atoms with Crippen LogP contribution >= 0.6 is 0 Å². The van der Waals surface area contributed by atoms with E-state index in [-0.39, 0.29) is 17.0 Å². The van der Waals surface area contributed by atoms with Gasteiger partial charge in [0.15, 0.2) is 6.17 Å². The SMILES string of the molecule is OCc1c(-c2ccc(F)cc2)cc(C2CCCC2)c(C(F)c2ccc(C(F)(F)F)cc2)c1-c1ccc(F)cc1. The Balaban J connectivity index is 1.80. The van der Waals surface area contributed by atoms with Crippen LogP contribution < -0.4 is 0 Å². The molecule has 1 saturated carbocycles. The predicted octanol–water partition coefficient (Wildman–Crippen LogP) is 9.53. The molecule has 1 fully saturated rings. The molecule has 1 atom stereocenters. The first-order valence-corrected chi connectivity index (χ1v) is 12.8. The van der Waals surface area contributed by atoms with Crippen molar-refractivity contribution in [1.29, 1.82) is 0 Å². The first kappa shape index (κ1) is 27.0. The smallest absolute Gasteiger partial charge is 0.392 e. The van der Waals surface area contributed by atoms with Gasteiger partial charge in [-0.05, 0) is 94.1 Å². The molecule has 1 aliphatic rings. The predicted molar refractivity (Wildman–Crippen MR) is 139 cm³/mol. The summed E-state index contributed by atoms with van der Waals surface area (Å²) in [6.45, 7) is -0.489. The van der Waals surface area contributed by atoms with Crippen molar-refractivity contribution in [3.05, 3.63) is 118 Å². The van der Waals surface area contributed by atoms with Crippen molar-refractivity contribution in [2.75, 3.05) is 0 Å². The summed E-state index contributed by atoms with van der Waals surface area (Å²) in [6.07, 6.45) is -2.87. The molecule has 1 unspecified atom stereocenters. The third-order valence-corrected chi connectivity index (χ3v) is 7.53. The fourth-order valence-electron chi connectivity index (χ4n) is 5.61. The van der Waals surface area contributed by atoms with Crippen LogP contribution in [0, 0.1) is 11.6 Å². The van der Waals surface area contributed by atoms with Gasteiger partial charge in [0.05, 0.1) is 12.2 Å². The van der Waals surface area contributed by atoms with Crippen molar-refractivity contribution in [3.8, 4) is 22.3 Å². The van der Waals surface area contributed by atoms with Crippen LogP contribution in [0.15, 0.2) is 78.9 Å². The number of benzene rings is 4. The van der Waals surface area contributed by atoms with E-state index in [1.807, 2.05) is 6.07 Å². The molecule has 0 heterocycles. The van der Waals surface area contributed by atoms with Crippen molar-refractivity contribution in [3.63, 3.8) is 0 Å². The third-order valence-electron chi connectivity index (χ3n) is 7.53. The second-order valence-corrected chi connectivity index (χ2v) is 9.92. The summed E-state index contributed by atoms with van der Waals surface area (Å²) in [5.41, 5.74) is 2.54. The number of aliphatic hydroxyl groups excluding tert-OH is 1. The van der Waals surface area contributed by atoms with Gasteiger partial charge in [-0.15, -0.1) is 0 Å². The Labute approximate surface area is 222 Å². The molecule has 1 aliphatic carbocycles. The molecule has 0 aromatic heterocycles. The van der Waals surface area contributed by atoms with Gasteiger partial charge in [0.2, 0.25) is 0 Å². The number of alkyl halides is 4. The van der Waals surface area contributed by atoms with E-state index in [1.165, 1.54) is 36.4 Å². The fraction of sp³-hybridized carbons (Fsp3) is 0.250. The summed E-state index contributed by atoms with van der Waals surface area (Å²) >= 11 is 0. The summed E-state index contributed by atoms with van der Waals surface area (Å²) in [6, 6.07) is 17.1. The zero-order chi connectivity index (χ0) is 27.7. The molecule has 202 valence electrons. The van der Waals surface area contributed by atoms with Gasteiger partial charge in [0.1, 0.15) is 11.6 Å². The largest absolute Gasteiger partial charge is 0.416 e. The van der Waals surface area contributed by atoms with Gasteiger partial charge in [-0.2, -0.15) is 13.2 Å². The lowest BCUT2D eigenvalue weighted by Crippen LogP contribution is -2.11. The highest BCUT2D eigenvalue weighted by Crippen LogP contribution is 2.48. The third kappa shape index (κ3) is 5.46. The van der Waals surface area contributed by atoms with Crippen molar-refractivity contribution in [2.45, 2.75) is 50.6 Å². The first-order valence-electron chi connectivity index (χ1n) is 12.8. The van der Waals surface area contributed by atoms with Gasteiger partial charge in [0, 0.05) is 5.56 Å². The zero-order valence-corrected chi connectivity index (χ0v) is 20.9. The highest BCUT2D eigenvalue weighted by Gasteiger charge is 2.33. The molecular formula is C32H26F6O. The second kappa shape index (κ2) is 10.9. The monoisotopic (exact) mass is 540 g/mol. The first-order chi connectivity index (χ1) is 18.7. The normalized spacial score (nSPS) is 15.1. The number of halogens is 6. The van der Waals surface area contributed by atoms with Crippen LogP contribution in [0.1, 0.15) is 65.6 Å². The highest BCUT2D eigenvalue weighted by molar-refractivity contribution is 5.83. The fourth-order valence-corrected chi connectivity index (χ4v) is 5.61. The van der Waals surface area contributed by atoms with Gasteiger partial charge in [-0.3, -0.25) is 0 Å². The van der Waals surface area contributed by atoms with E-state index < -0.39 is 36.2 Å². The summed E-state index contributed by atoms with van der Waals surface area (Å²) < 4.78 is 83.8. The Bertz CT molecular complexity index is 1430. The minimum absolute atomic E-state index is 0.0150.